The third kappa shape index (κ3) is 3.37. The lowest BCUT2D eigenvalue weighted by Crippen LogP contribution is -2.43. The van der Waals surface area contributed by atoms with Gasteiger partial charge in [-0.05, 0) is 65.2 Å². The number of hydrogen-bond acceptors (Lipinski definition) is 3. The second kappa shape index (κ2) is 4.72. The van der Waals surface area contributed by atoms with Gasteiger partial charge in [-0.2, -0.15) is 0 Å². The van der Waals surface area contributed by atoms with Gasteiger partial charge in [0.1, 0.15) is 5.60 Å². The highest BCUT2D eigenvalue weighted by Crippen LogP contribution is 2.40. The first-order valence-corrected chi connectivity index (χ1v) is 7.06. The Morgan fingerprint density at radius 1 is 1.22 bits per heavy atom. The van der Waals surface area contributed by atoms with E-state index in [1.54, 1.807) is 0 Å². The maximum absolute atomic E-state index is 11.8. The van der Waals surface area contributed by atoms with Gasteiger partial charge in [-0.3, -0.25) is 0 Å². The lowest BCUT2D eigenvalue weighted by atomic mass is 9.78. The molecule has 0 aromatic heterocycles. The van der Waals surface area contributed by atoms with Crippen molar-refractivity contribution in [2.24, 2.45) is 11.7 Å². The molecular formula is C14H26N2O2. The van der Waals surface area contributed by atoms with Crippen molar-refractivity contribution >= 4 is 6.09 Å². The number of rotatable bonds is 1. The second-order valence-electron chi connectivity index (χ2n) is 6.99. The lowest BCUT2D eigenvalue weighted by Gasteiger charge is -2.34. The van der Waals surface area contributed by atoms with E-state index in [0.29, 0.717) is 5.92 Å². The fourth-order valence-electron chi connectivity index (χ4n) is 3.20. The number of hydrogen-bond donors (Lipinski definition) is 2. The molecule has 18 heavy (non-hydrogen) atoms. The van der Waals surface area contributed by atoms with Crippen molar-refractivity contribution in [1.29, 1.82) is 0 Å². The highest BCUT2D eigenvalue weighted by Gasteiger charge is 2.40. The van der Waals surface area contributed by atoms with E-state index in [9.17, 15) is 4.79 Å². The summed E-state index contributed by atoms with van der Waals surface area (Å²) in [6.07, 6.45) is 6.19. The van der Waals surface area contributed by atoms with Crippen LogP contribution in [0.25, 0.3) is 0 Å². The summed E-state index contributed by atoms with van der Waals surface area (Å²) in [5.41, 5.74) is 5.95. The SMILES string of the molecule is CC(C)(C)OC(=O)NC1CCC2(N)CCC1CC2. The van der Waals surface area contributed by atoms with Crippen LogP contribution in [0, 0.1) is 5.92 Å². The summed E-state index contributed by atoms with van der Waals surface area (Å²) >= 11 is 0. The number of fused-ring (bicyclic) bond motifs is 4. The topological polar surface area (TPSA) is 64.3 Å². The highest BCUT2D eigenvalue weighted by atomic mass is 16.6. The molecule has 1 unspecified atom stereocenters. The van der Waals surface area contributed by atoms with E-state index in [4.69, 9.17) is 10.5 Å². The summed E-state index contributed by atoms with van der Waals surface area (Å²) in [6, 6.07) is 0.243. The smallest absolute Gasteiger partial charge is 0.407 e. The van der Waals surface area contributed by atoms with Crippen LogP contribution in [0.2, 0.25) is 0 Å². The molecule has 4 nitrogen and oxygen atoms in total. The summed E-state index contributed by atoms with van der Waals surface area (Å²) in [5.74, 6) is 0.580. The van der Waals surface area contributed by atoms with Crippen LogP contribution >= 0.6 is 0 Å². The van der Waals surface area contributed by atoms with E-state index in [-0.39, 0.29) is 17.7 Å². The van der Waals surface area contributed by atoms with E-state index >= 15 is 0 Å². The van der Waals surface area contributed by atoms with Gasteiger partial charge < -0.3 is 15.8 Å². The molecular weight excluding hydrogens is 228 g/mol. The molecule has 1 amide bonds. The average Bonchev–Trinajstić information content (AvgIpc) is 2.45. The number of carbonyl (C=O) groups is 1. The molecule has 1 atom stereocenters. The third-order valence-electron chi connectivity index (χ3n) is 4.25. The summed E-state index contributed by atoms with van der Waals surface area (Å²) < 4.78 is 5.33. The normalized spacial score (nSPS) is 36.0. The summed E-state index contributed by atoms with van der Waals surface area (Å²) in [7, 11) is 0. The van der Waals surface area contributed by atoms with Gasteiger partial charge in [-0.15, -0.1) is 0 Å². The van der Waals surface area contributed by atoms with Crippen molar-refractivity contribution in [3.63, 3.8) is 0 Å². The van der Waals surface area contributed by atoms with Gasteiger partial charge in [0.2, 0.25) is 0 Å². The molecule has 4 heteroatoms. The molecule has 0 aromatic rings. The molecule has 3 aliphatic carbocycles. The fourth-order valence-corrected chi connectivity index (χ4v) is 3.20. The standard InChI is InChI=1S/C14H26N2O2/c1-13(2,3)18-12(17)16-11-6-9-14(15)7-4-10(11)5-8-14/h10-11H,4-9,15H2,1-3H3,(H,16,17). The van der Waals surface area contributed by atoms with Gasteiger partial charge in [0.15, 0.2) is 0 Å². The van der Waals surface area contributed by atoms with Crippen LogP contribution in [-0.2, 0) is 4.74 Å². The fraction of sp³-hybridized carbons (Fsp3) is 0.929. The molecule has 3 saturated carbocycles. The maximum Gasteiger partial charge on any atom is 0.407 e. The monoisotopic (exact) mass is 254 g/mol. The molecule has 2 bridgehead atoms. The molecule has 104 valence electrons. The van der Waals surface area contributed by atoms with Crippen LogP contribution in [0.5, 0.6) is 0 Å². The van der Waals surface area contributed by atoms with Crippen LogP contribution in [0.4, 0.5) is 4.79 Å². The first kappa shape index (κ1) is 13.7. The second-order valence-corrected chi connectivity index (χ2v) is 6.99. The third-order valence-corrected chi connectivity index (χ3v) is 4.25. The maximum atomic E-state index is 11.8. The van der Waals surface area contributed by atoms with Crippen molar-refractivity contribution in [2.45, 2.75) is 76.5 Å². The Labute approximate surface area is 110 Å². The van der Waals surface area contributed by atoms with E-state index in [0.717, 1.165) is 38.5 Å². The van der Waals surface area contributed by atoms with Crippen LogP contribution in [0.15, 0.2) is 0 Å². The van der Waals surface area contributed by atoms with Crippen LogP contribution in [0.1, 0.15) is 59.3 Å². The predicted octanol–water partition coefficient (Wildman–Crippen LogP) is 2.56. The number of amides is 1. The largest absolute Gasteiger partial charge is 0.444 e. The van der Waals surface area contributed by atoms with Crippen LogP contribution in [0.3, 0.4) is 0 Å². The number of nitrogens with one attached hydrogen (secondary N) is 1. The summed E-state index contributed by atoms with van der Waals surface area (Å²) in [5, 5.41) is 3.04. The highest BCUT2D eigenvalue weighted by molar-refractivity contribution is 5.68. The van der Waals surface area contributed by atoms with Crippen molar-refractivity contribution in [2.75, 3.05) is 0 Å². The Morgan fingerprint density at radius 2 is 1.78 bits per heavy atom. The van der Waals surface area contributed by atoms with Gasteiger partial charge in [0.25, 0.3) is 0 Å². The number of ether oxygens (including phenoxy) is 1. The minimum atomic E-state index is -0.428. The molecule has 0 aromatic carbocycles. The van der Waals surface area contributed by atoms with Crippen molar-refractivity contribution in [3.05, 3.63) is 0 Å². The van der Waals surface area contributed by atoms with Gasteiger partial charge >= 0.3 is 6.09 Å². The minimum absolute atomic E-state index is 0.0286. The van der Waals surface area contributed by atoms with Crippen molar-refractivity contribution < 1.29 is 9.53 Å². The molecule has 3 fully saturated rings. The van der Waals surface area contributed by atoms with Crippen LogP contribution in [-0.4, -0.2) is 23.3 Å². The Balaban J connectivity index is 1.92. The lowest BCUT2D eigenvalue weighted by molar-refractivity contribution is 0.0481. The molecule has 0 radical (unpaired) electrons. The molecule has 0 aliphatic heterocycles. The first-order valence-electron chi connectivity index (χ1n) is 7.06. The molecule has 0 spiro atoms. The number of nitrogens with two attached hydrogens (primary N) is 1. The molecule has 3 aliphatic rings. The average molecular weight is 254 g/mol. The number of carbonyl (C=O) groups excluding carboxylic acids is 1. The van der Waals surface area contributed by atoms with Crippen molar-refractivity contribution in [3.8, 4) is 0 Å². The van der Waals surface area contributed by atoms with Gasteiger partial charge in [0, 0.05) is 11.6 Å². The molecule has 0 saturated heterocycles. The van der Waals surface area contributed by atoms with Gasteiger partial charge in [0.05, 0.1) is 0 Å². The molecule has 3 rings (SSSR count). The Morgan fingerprint density at radius 3 is 2.33 bits per heavy atom. The summed E-state index contributed by atoms with van der Waals surface area (Å²) in [4.78, 5) is 11.8. The minimum Gasteiger partial charge on any atom is -0.444 e. The molecule has 3 N–H and O–H groups in total. The van der Waals surface area contributed by atoms with Gasteiger partial charge in [-0.25, -0.2) is 4.79 Å². The Bertz CT molecular complexity index is 314. The van der Waals surface area contributed by atoms with E-state index in [2.05, 4.69) is 5.32 Å². The van der Waals surface area contributed by atoms with E-state index < -0.39 is 5.60 Å². The zero-order chi connectivity index (χ0) is 13.4. The van der Waals surface area contributed by atoms with Crippen LogP contribution < -0.4 is 11.1 Å². The Hall–Kier alpha value is -0.770. The van der Waals surface area contributed by atoms with Gasteiger partial charge in [-0.1, -0.05) is 0 Å². The number of alkyl carbamates (subject to hydrolysis) is 1. The molecule has 0 heterocycles. The Kier molecular flexibility index (Phi) is 3.58. The quantitative estimate of drug-likeness (QED) is 0.756. The van der Waals surface area contributed by atoms with E-state index in [1.165, 1.54) is 0 Å². The van der Waals surface area contributed by atoms with Crippen molar-refractivity contribution in [1.82, 2.24) is 5.32 Å². The first-order chi connectivity index (χ1) is 8.27. The predicted molar refractivity (Wildman–Crippen MR) is 71.3 cm³/mol. The summed E-state index contributed by atoms with van der Waals surface area (Å²) in [6.45, 7) is 5.67. The zero-order valence-electron chi connectivity index (χ0n) is 11.8. The zero-order valence-corrected chi connectivity index (χ0v) is 11.8. The van der Waals surface area contributed by atoms with E-state index in [1.807, 2.05) is 20.8 Å².